The molecular weight excluding hydrogens is 462 g/mol. The minimum atomic E-state index is -3.52. The number of hydrogen-bond donors (Lipinski definition) is 2. The molecule has 1 aromatic heterocycles. The second kappa shape index (κ2) is 11.3. The number of amides is 2. The fourth-order valence-electron chi connectivity index (χ4n) is 3.92. The zero-order valence-corrected chi connectivity index (χ0v) is 21.1. The van der Waals surface area contributed by atoms with Gasteiger partial charge in [-0.25, -0.2) is 18.2 Å². The molecule has 1 saturated heterocycles. The molecule has 2 heterocycles. The van der Waals surface area contributed by atoms with Crippen molar-refractivity contribution in [1.29, 1.82) is 0 Å². The number of hydrogen-bond acceptors (Lipinski definition) is 8. The number of nitrogens with one attached hydrogen (secondary N) is 2. The number of pyridine rings is 1. The minimum Gasteiger partial charge on any atom is -0.453 e. The summed E-state index contributed by atoms with van der Waals surface area (Å²) in [5.74, 6) is 0.238. The molecule has 2 atom stereocenters. The summed E-state index contributed by atoms with van der Waals surface area (Å²) >= 11 is 0. The quantitative estimate of drug-likeness (QED) is 0.454. The molecule has 0 bridgehead atoms. The van der Waals surface area contributed by atoms with Crippen molar-refractivity contribution in [3.63, 3.8) is 0 Å². The molecular formula is C22H35N5O6S. The van der Waals surface area contributed by atoms with Crippen LogP contribution in [0.15, 0.2) is 12.1 Å². The maximum atomic E-state index is 13.3. The van der Waals surface area contributed by atoms with Crippen molar-refractivity contribution in [2.75, 3.05) is 51.0 Å². The van der Waals surface area contributed by atoms with Gasteiger partial charge in [0.25, 0.3) is 5.91 Å². The summed E-state index contributed by atoms with van der Waals surface area (Å²) in [7, 11) is -0.764. The molecule has 0 unspecified atom stereocenters. The van der Waals surface area contributed by atoms with Gasteiger partial charge in [-0.15, -0.1) is 0 Å². The highest BCUT2D eigenvalue weighted by Gasteiger charge is 2.40. The lowest BCUT2D eigenvalue weighted by atomic mass is 10.0. The van der Waals surface area contributed by atoms with Crippen LogP contribution in [0.25, 0.3) is 0 Å². The molecule has 0 radical (unpaired) electrons. The van der Waals surface area contributed by atoms with Crippen LogP contribution in [0.5, 0.6) is 0 Å². The summed E-state index contributed by atoms with van der Waals surface area (Å²) in [5, 5.41) is 5.83. The topological polar surface area (TPSA) is 130 Å². The molecule has 1 aliphatic heterocycles. The van der Waals surface area contributed by atoms with Crippen molar-refractivity contribution in [2.45, 2.75) is 50.8 Å². The van der Waals surface area contributed by atoms with Crippen LogP contribution in [0.2, 0.25) is 0 Å². The molecule has 2 aliphatic rings. The standard InChI is InChI=1S/C22H35N5O6S/c1-15(27(18-7-8-18)21(28)19-14-23-10-11-33-19)16-12-17(6-5-9-24-22(29)32-3)25-20(13-16)26(2)34(4,30)31/h12-13,15,18-19,23H,5-11,14H2,1-4H3,(H,24,29)/t15-,19-/m1/s1. The first-order chi connectivity index (χ1) is 16.1. The Hall–Kier alpha value is -2.44. The fraction of sp³-hybridized carbons (Fsp3) is 0.682. The van der Waals surface area contributed by atoms with E-state index in [0.29, 0.717) is 44.0 Å². The van der Waals surface area contributed by atoms with Gasteiger partial charge in [0.15, 0.2) is 0 Å². The molecule has 2 N–H and O–H groups in total. The average molecular weight is 498 g/mol. The number of ether oxygens (including phenoxy) is 2. The van der Waals surface area contributed by atoms with Gasteiger partial charge in [-0.1, -0.05) is 0 Å². The zero-order chi connectivity index (χ0) is 24.9. The average Bonchev–Trinajstić information content (AvgIpc) is 3.66. The van der Waals surface area contributed by atoms with Crippen molar-refractivity contribution < 1.29 is 27.5 Å². The van der Waals surface area contributed by atoms with Gasteiger partial charge < -0.3 is 25.0 Å². The van der Waals surface area contributed by atoms with Gasteiger partial charge in [0.05, 0.1) is 26.0 Å². The van der Waals surface area contributed by atoms with Crippen molar-refractivity contribution in [2.24, 2.45) is 0 Å². The van der Waals surface area contributed by atoms with Gasteiger partial charge in [-0.3, -0.25) is 9.10 Å². The summed E-state index contributed by atoms with van der Waals surface area (Å²) in [4.78, 5) is 31.0. The molecule has 11 nitrogen and oxygen atoms in total. The van der Waals surface area contributed by atoms with Crippen LogP contribution in [0, 0.1) is 0 Å². The summed E-state index contributed by atoms with van der Waals surface area (Å²) in [6.45, 7) is 4.04. The van der Waals surface area contributed by atoms with Crippen LogP contribution in [0.1, 0.15) is 43.5 Å². The van der Waals surface area contributed by atoms with Crippen LogP contribution < -0.4 is 14.9 Å². The van der Waals surface area contributed by atoms with Crippen LogP contribution >= 0.6 is 0 Å². The summed E-state index contributed by atoms with van der Waals surface area (Å²) in [5.41, 5.74) is 1.49. The lowest BCUT2D eigenvalue weighted by molar-refractivity contribution is -0.148. The normalized spacial score (nSPS) is 19.2. The molecule has 3 rings (SSSR count). The highest BCUT2D eigenvalue weighted by molar-refractivity contribution is 7.92. The van der Waals surface area contributed by atoms with Gasteiger partial charge >= 0.3 is 6.09 Å². The summed E-state index contributed by atoms with van der Waals surface area (Å²) in [6, 6.07) is 3.49. The Kier molecular flexibility index (Phi) is 8.72. The number of sulfonamides is 1. The smallest absolute Gasteiger partial charge is 0.406 e. The molecule has 2 fully saturated rings. The number of methoxy groups -OCH3 is 1. The van der Waals surface area contributed by atoms with E-state index in [2.05, 4.69) is 20.4 Å². The maximum Gasteiger partial charge on any atom is 0.406 e. The fourth-order valence-corrected chi connectivity index (χ4v) is 4.35. The Labute approximate surface area is 201 Å². The monoisotopic (exact) mass is 497 g/mol. The predicted molar refractivity (Wildman–Crippen MR) is 127 cm³/mol. The van der Waals surface area contributed by atoms with E-state index in [0.717, 1.165) is 35.5 Å². The lowest BCUT2D eigenvalue weighted by Gasteiger charge is -2.34. The molecule has 190 valence electrons. The minimum absolute atomic E-state index is 0.0548. The first-order valence-corrected chi connectivity index (χ1v) is 13.4. The van der Waals surface area contributed by atoms with Gasteiger partial charge in [0.2, 0.25) is 10.0 Å². The molecule has 0 aromatic carbocycles. The number of rotatable bonds is 10. The number of carbonyl (C=O) groups is 2. The van der Waals surface area contributed by atoms with Gasteiger partial charge in [0, 0.05) is 38.4 Å². The van der Waals surface area contributed by atoms with E-state index in [1.807, 2.05) is 17.9 Å². The first kappa shape index (κ1) is 26.2. The number of alkyl carbamates (subject to hydrolysis) is 1. The number of aryl methyl sites for hydroxylation is 1. The number of nitrogens with zero attached hydrogens (tertiary/aromatic N) is 3. The lowest BCUT2D eigenvalue weighted by Crippen LogP contribution is -2.50. The van der Waals surface area contributed by atoms with E-state index in [1.165, 1.54) is 14.2 Å². The van der Waals surface area contributed by atoms with Crippen molar-refractivity contribution in [3.05, 3.63) is 23.4 Å². The molecule has 1 aromatic rings. The van der Waals surface area contributed by atoms with Gasteiger partial charge in [0.1, 0.15) is 11.9 Å². The Morgan fingerprint density at radius 3 is 2.68 bits per heavy atom. The Balaban J connectivity index is 1.86. The number of carbonyl (C=O) groups excluding carboxylic acids is 2. The third kappa shape index (κ3) is 6.80. The van der Waals surface area contributed by atoms with E-state index in [1.54, 1.807) is 6.07 Å². The Bertz CT molecular complexity index is 978. The van der Waals surface area contributed by atoms with E-state index in [4.69, 9.17) is 4.74 Å². The van der Waals surface area contributed by atoms with Crippen molar-refractivity contribution in [3.8, 4) is 0 Å². The van der Waals surface area contributed by atoms with Gasteiger partial charge in [-0.05, 0) is 50.3 Å². The van der Waals surface area contributed by atoms with E-state index < -0.39 is 22.2 Å². The van der Waals surface area contributed by atoms with Crippen molar-refractivity contribution >= 4 is 27.8 Å². The first-order valence-electron chi connectivity index (χ1n) is 11.5. The third-order valence-electron chi connectivity index (χ3n) is 6.07. The predicted octanol–water partition coefficient (Wildman–Crippen LogP) is 0.806. The Morgan fingerprint density at radius 2 is 2.09 bits per heavy atom. The van der Waals surface area contributed by atoms with Crippen LogP contribution in [0.4, 0.5) is 10.6 Å². The van der Waals surface area contributed by atoms with Crippen molar-refractivity contribution in [1.82, 2.24) is 20.5 Å². The highest BCUT2D eigenvalue weighted by atomic mass is 32.2. The second-order valence-electron chi connectivity index (χ2n) is 8.72. The van der Waals surface area contributed by atoms with Gasteiger partial charge in [-0.2, -0.15) is 0 Å². The molecule has 34 heavy (non-hydrogen) atoms. The SMILES string of the molecule is COC(=O)NCCCc1cc([C@@H](C)N(C(=O)[C@H]2CNCCO2)C2CC2)cc(N(C)S(C)(=O)=O)n1. The van der Waals surface area contributed by atoms with Crippen LogP contribution in [-0.2, 0) is 30.7 Å². The number of aromatic nitrogens is 1. The van der Waals surface area contributed by atoms with E-state index in [-0.39, 0.29) is 18.0 Å². The maximum absolute atomic E-state index is 13.3. The molecule has 12 heteroatoms. The molecule has 1 aliphatic carbocycles. The molecule has 0 spiro atoms. The zero-order valence-electron chi connectivity index (χ0n) is 20.2. The van der Waals surface area contributed by atoms with Crippen LogP contribution in [-0.4, -0.2) is 89.1 Å². The third-order valence-corrected chi connectivity index (χ3v) is 7.25. The molecule has 2 amide bonds. The largest absolute Gasteiger partial charge is 0.453 e. The second-order valence-corrected chi connectivity index (χ2v) is 10.7. The number of morpholine rings is 1. The highest BCUT2D eigenvalue weighted by Crippen LogP contribution is 2.36. The summed E-state index contributed by atoms with van der Waals surface area (Å²) in [6.07, 6.45) is 3.06. The summed E-state index contributed by atoms with van der Waals surface area (Å²) < 4.78 is 35.8. The van der Waals surface area contributed by atoms with E-state index >= 15 is 0 Å². The van der Waals surface area contributed by atoms with Crippen LogP contribution in [0.3, 0.4) is 0 Å². The number of anilines is 1. The Morgan fingerprint density at radius 1 is 1.35 bits per heavy atom. The molecule has 1 saturated carbocycles. The van der Waals surface area contributed by atoms with E-state index in [9.17, 15) is 18.0 Å².